The molecule has 0 bridgehead atoms. The topological polar surface area (TPSA) is 58.4 Å². The van der Waals surface area contributed by atoms with E-state index in [9.17, 15) is 0 Å². The van der Waals surface area contributed by atoms with Crippen molar-refractivity contribution >= 4 is 11.8 Å². The van der Waals surface area contributed by atoms with Gasteiger partial charge in [-0.05, 0) is 44.0 Å². The van der Waals surface area contributed by atoms with Gasteiger partial charge in [0.1, 0.15) is 5.75 Å². The Bertz CT molecular complexity index is 654. The second-order valence-electron chi connectivity index (χ2n) is 5.83. The third-order valence-electron chi connectivity index (χ3n) is 4.14. The van der Waals surface area contributed by atoms with Crippen LogP contribution in [0.5, 0.6) is 5.75 Å². The maximum atomic E-state index is 5.82. The van der Waals surface area contributed by atoms with Crippen LogP contribution in [0.1, 0.15) is 19.8 Å². The second kappa shape index (κ2) is 9.22. The minimum atomic E-state index is 0.235. The molecule has 136 valence electrons. The van der Waals surface area contributed by atoms with Gasteiger partial charge in [0.25, 0.3) is 0 Å². The second-order valence-corrected chi connectivity index (χ2v) is 6.89. The Kier molecular flexibility index (Phi) is 6.72. The summed E-state index contributed by atoms with van der Waals surface area (Å²) in [5.41, 5.74) is 1.03. The van der Waals surface area contributed by atoms with Gasteiger partial charge in [0.15, 0.2) is 11.0 Å². The lowest BCUT2D eigenvalue weighted by Gasteiger charge is -2.15. The zero-order valence-corrected chi connectivity index (χ0v) is 15.6. The first-order chi connectivity index (χ1) is 12.3. The number of thioether (sulfide) groups is 1. The highest BCUT2D eigenvalue weighted by atomic mass is 32.2. The fraction of sp³-hybridized carbons (Fsp3) is 0.556. The smallest absolute Gasteiger partial charge is 0.191 e. The molecule has 0 saturated carbocycles. The summed E-state index contributed by atoms with van der Waals surface area (Å²) in [5, 5.41) is 9.76. The summed E-state index contributed by atoms with van der Waals surface area (Å²) in [4.78, 5) is 0. The normalized spacial score (nSPS) is 17.1. The van der Waals surface area contributed by atoms with Crippen molar-refractivity contribution in [1.82, 2.24) is 14.8 Å². The van der Waals surface area contributed by atoms with Gasteiger partial charge < -0.3 is 14.2 Å². The third-order valence-corrected chi connectivity index (χ3v) is 5.07. The molecule has 1 unspecified atom stereocenters. The van der Waals surface area contributed by atoms with Crippen LogP contribution in [0.2, 0.25) is 0 Å². The van der Waals surface area contributed by atoms with Crippen molar-refractivity contribution in [2.45, 2.75) is 37.6 Å². The fourth-order valence-corrected chi connectivity index (χ4v) is 3.64. The van der Waals surface area contributed by atoms with Crippen molar-refractivity contribution in [3.8, 4) is 17.1 Å². The average molecular weight is 363 g/mol. The van der Waals surface area contributed by atoms with Crippen LogP contribution in [0, 0.1) is 0 Å². The number of hydrogen-bond acceptors (Lipinski definition) is 6. The number of nitrogens with zero attached hydrogens (tertiary/aromatic N) is 3. The van der Waals surface area contributed by atoms with Gasteiger partial charge >= 0.3 is 0 Å². The van der Waals surface area contributed by atoms with E-state index in [4.69, 9.17) is 14.2 Å². The summed E-state index contributed by atoms with van der Waals surface area (Å²) in [7, 11) is 1.67. The van der Waals surface area contributed by atoms with Crippen LogP contribution in [-0.2, 0) is 16.0 Å². The Morgan fingerprint density at radius 3 is 2.80 bits per heavy atom. The minimum absolute atomic E-state index is 0.235. The number of ether oxygens (including phenoxy) is 3. The summed E-state index contributed by atoms with van der Waals surface area (Å²) in [5.74, 6) is 2.57. The summed E-state index contributed by atoms with van der Waals surface area (Å²) < 4.78 is 18.7. The first-order valence-electron chi connectivity index (χ1n) is 8.71. The van der Waals surface area contributed by atoms with Crippen molar-refractivity contribution in [3.63, 3.8) is 0 Å². The molecule has 0 aliphatic carbocycles. The van der Waals surface area contributed by atoms with Crippen LogP contribution in [0.15, 0.2) is 29.4 Å². The standard InChI is InChI=1S/C18H25N3O3S/c1-3-23-11-12-25-18-20-19-17(14-6-8-15(22-2)9-7-14)21(18)13-16-5-4-10-24-16/h6-9,16H,3-5,10-13H2,1-2H3. The molecule has 25 heavy (non-hydrogen) atoms. The molecule has 0 radical (unpaired) electrons. The van der Waals surface area contributed by atoms with Crippen molar-refractivity contribution in [1.29, 1.82) is 0 Å². The minimum Gasteiger partial charge on any atom is -0.497 e. The van der Waals surface area contributed by atoms with E-state index in [-0.39, 0.29) is 6.10 Å². The van der Waals surface area contributed by atoms with Crippen molar-refractivity contribution < 1.29 is 14.2 Å². The summed E-state index contributed by atoms with van der Waals surface area (Å²) in [6.07, 6.45) is 2.44. The molecule has 1 aliphatic rings. The predicted octanol–water partition coefficient (Wildman–Crippen LogP) is 3.26. The van der Waals surface area contributed by atoms with Crippen molar-refractivity contribution in [3.05, 3.63) is 24.3 Å². The number of aromatic nitrogens is 3. The lowest BCUT2D eigenvalue weighted by atomic mass is 10.2. The Hall–Kier alpha value is -1.57. The van der Waals surface area contributed by atoms with E-state index in [1.54, 1.807) is 18.9 Å². The van der Waals surface area contributed by atoms with Gasteiger partial charge in [0.05, 0.1) is 26.4 Å². The first kappa shape index (κ1) is 18.2. The SMILES string of the molecule is CCOCCSc1nnc(-c2ccc(OC)cc2)n1CC1CCCO1. The van der Waals surface area contributed by atoms with Gasteiger partial charge in [-0.1, -0.05) is 11.8 Å². The molecule has 6 nitrogen and oxygen atoms in total. The molecule has 1 fully saturated rings. The highest BCUT2D eigenvalue weighted by molar-refractivity contribution is 7.99. The number of benzene rings is 1. The highest BCUT2D eigenvalue weighted by Crippen LogP contribution is 2.27. The fourth-order valence-electron chi connectivity index (χ4n) is 2.84. The first-order valence-corrected chi connectivity index (χ1v) is 9.70. The molecule has 1 aromatic heterocycles. The number of rotatable bonds is 9. The van der Waals surface area contributed by atoms with Gasteiger partial charge in [-0.15, -0.1) is 10.2 Å². The maximum Gasteiger partial charge on any atom is 0.191 e. The van der Waals surface area contributed by atoms with Crippen LogP contribution in [-0.4, -0.2) is 53.6 Å². The Labute approximate surface area is 152 Å². The third kappa shape index (κ3) is 4.74. The van der Waals surface area contributed by atoms with E-state index < -0.39 is 0 Å². The van der Waals surface area contributed by atoms with Crippen LogP contribution in [0.25, 0.3) is 11.4 Å². The van der Waals surface area contributed by atoms with Crippen molar-refractivity contribution in [2.75, 3.05) is 32.7 Å². The molecule has 1 aromatic carbocycles. The molecule has 7 heteroatoms. The van der Waals surface area contributed by atoms with Gasteiger partial charge in [0, 0.05) is 24.5 Å². The molecule has 0 spiro atoms. The molecule has 1 saturated heterocycles. The molecular weight excluding hydrogens is 338 g/mol. The quantitative estimate of drug-likeness (QED) is 0.503. The van der Waals surface area contributed by atoms with E-state index >= 15 is 0 Å². The zero-order valence-electron chi connectivity index (χ0n) is 14.8. The maximum absolute atomic E-state index is 5.82. The molecule has 2 aromatic rings. The lowest BCUT2D eigenvalue weighted by molar-refractivity contribution is 0.0953. The van der Waals surface area contributed by atoms with E-state index in [0.29, 0.717) is 6.61 Å². The van der Waals surface area contributed by atoms with Crippen LogP contribution >= 0.6 is 11.8 Å². The molecule has 0 N–H and O–H groups in total. The summed E-state index contributed by atoms with van der Waals surface area (Å²) in [6.45, 7) is 5.08. The molecule has 1 aliphatic heterocycles. The lowest BCUT2D eigenvalue weighted by Crippen LogP contribution is -2.17. The Morgan fingerprint density at radius 2 is 2.12 bits per heavy atom. The van der Waals surface area contributed by atoms with E-state index in [2.05, 4.69) is 14.8 Å². The van der Waals surface area contributed by atoms with E-state index in [1.165, 1.54) is 0 Å². The zero-order chi connectivity index (χ0) is 17.5. The van der Waals surface area contributed by atoms with Crippen LogP contribution in [0.4, 0.5) is 0 Å². The Morgan fingerprint density at radius 1 is 1.28 bits per heavy atom. The van der Waals surface area contributed by atoms with Gasteiger partial charge in [0.2, 0.25) is 0 Å². The molecule has 2 heterocycles. The van der Waals surface area contributed by atoms with Crippen molar-refractivity contribution in [2.24, 2.45) is 0 Å². The monoisotopic (exact) mass is 363 g/mol. The van der Waals surface area contributed by atoms with Gasteiger partial charge in [-0.25, -0.2) is 0 Å². The molecule has 1 atom stereocenters. The average Bonchev–Trinajstić information content (AvgIpc) is 3.30. The van der Waals surface area contributed by atoms with E-state index in [1.807, 2.05) is 31.2 Å². The van der Waals surface area contributed by atoms with Crippen LogP contribution < -0.4 is 4.74 Å². The predicted molar refractivity (Wildman–Crippen MR) is 98.2 cm³/mol. The number of methoxy groups -OCH3 is 1. The van der Waals surface area contributed by atoms with Gasteiger partial charge in [-0.2, -0.15) is 0 Å². The largest absolute Gasteiger partial charge is 0.497 e. The molecular formula is C18H25N3O3S. The molecule has 0 amide bonds. The highest BCUT2D eigenvalue weighted by Gasteiger charge is 2.21. The summed E-state index contributed by atoms with van der Waals surface area (Å²) >= 11 is 1.68. The summed E-state index contributed by atoms with van der Waals surface area (Å²) in [6, 6.07) is 7.93. The molecule has 3 rings (SSSR count). The van der Waals surface area contributed by atoms with Gasteiger partial charge in [-0.3, -0.25) is 4.57 Å². The van der Waals surface area contributed by atoms with E-state index in [0.717, 1.165) is 60.6 Å². The van der Waals surface area contributed by atoms with Crippen LogP contribution in [0.3, 0.4) is 0 Å². The Balaban J connectivity index is 1.80. The number of hydrogen-bond donors (Lipinski definition) is 0.